The number of rotatable bonds is 7. The Bertz CT molecular complexity index is 1070. The van der Waals surface area contributed by atoms with E-state index in [4.69, 9.17) is 9.47 Å². The highest BCUT2D eigenvalue weighted by Gasteiger charge is 2.46. The number of amides is 2. The third-order valence-electron chi connectivity index (χ3n) is 7.03. The van der Waals surface area contributed by atoms with E-state index in [-0.39, 0.29) is 55.1 Å². The number of carbonyl (C=O) groups is 2. The Labute approximate surface area is 197 Å². The molecule has 2 aromatic carbocycles. The number of benzene rings is 2. The van der Waals surface area contributed by atoms with Crippen LogP contribution in [0.4, 0.5) is 10.1 Å². The number of aliphatic hydroxyl groups is 1. The van der Waals surface area contributed by atoms with E-state index in [1.165, 1.54) is 12.1 Å². The van der Waals surface area contributed by atoms with E-state index in [1.807, 2.05) is 18.2 Å². The van der Waals surface area contributed by atoms with Gasteiger partial charge in [0.1, 0.15) is 23.8 Å². The van der Waals surface area contributed by atoms with Crippen molar-refractivity contribution in [3.8, 4) is 5.75 Å². The molecule has 2 amide bonds. The largest absolute Gasteiger partial charge is 0.487 e. The Balaban J connectivity index is 1.24. The molecule has 1 saturated heterocycles. The zero-order valence-corrected chi connectivity index (χ0v) is 18.8. The van der Waals surface area contributed by atoms with E-state index in [2.05, 4.69) is 10.6 Å². The molecule has 2 aromatic rings. The fourth-order valence-corrected chi connectivity index (χ4v) is 5.01. The van der Waals surface area contributed by atoms with Gasteiger partial charge in [-0.1, -0.05) is 18.6 Å². The van der Waals surface area contributed by atoms with Gasteiger partial charge in [0.05, 0.1) is 19.1 Å². The molecule has 3 aliphatic rings. The zero-order valence-electron chi connectivity index (χ0n) is 18.8. The lowest BCUT2D eigenvalue weighted by atomic mass is 9.83. The van der Waals surface area contributed by atoms with Crippen LogP contribution in [0.1, 0.15) is 49.1 Å². The second-order valence-electron chi connectivity index (χ2n) is 9.38. The topological polar surface area (TPSA) is 96.9 Å². The van der Waals surface area contributed by atoms with Crippen molar-refractivity contribution in [1.82, 2.24) is 5.32 Å². The van der Waals surface area contributed by atoms with Gasteiger partial charge < -0.3 is 25.2 Å². The first kappa shape index (κ1) is 22.8. The fourth-order valence-electron chi connectivity index (χ4n) is 5.01. The SMILES string of the molecule is O=C(C[C@@H]1C[C@H]2c3cc(NC(=O)C4CCC4)ccc3O[C@H]2[C@@H](CO)O1)NCc1cccc(F)c1. The minimum atomic E-state index is -0.555. The lowest BCUT2D eigenvalue weighted by molar-refractivity contribution is -0.142. The molecule has 1 aliphatic carbocycles. The summed E-state index contributed by atoms with van der Waals surface area (Å²) in [6, 6.07) is 11.7. The molecular weight excluding hydrogens is 439 g/mol. The summed E-state index contributed by atoms with van der Waals surface area (Å²) < 4.78 is 25.5. The molecule has 0 unspecified atom stereocenters. The number of anilines is 1. The number of ether oxygens (including phenoxy) is 2. The maximum atomic E-state index is 13.4. The third kappa shape index (κ3) is 4.79. The van der Waals surface area contributed by atoms with Crippen LogP contribution in [-0.4, -0.2) is 41.8 Å². The average molecular weight is 469 g/mol. The third-order valence-corrected chi connectivity index (χ3v) is 7.03. The van der Waals surface area contributed by atoms with Crippen molar-refractivity contribution in [1.29, 1.82) is 0 Å². The van der Waals surface area contributed by atoms with Gasteiger partial charge in [-0.3, -0.25) is 9.59 Å². The summed E-state index contributed by atoms with van der Waals surface area (Å²) in [5.41, 5.74) is 2.38. The summed E-state index contributed by atoms with van der Waals surface area (Å²) in [5, 5.41) is 15.7. The van der Waals surface area contributed by atoms with Gasteiger partial charge in [-0.2, -0.15) is 0 Å². The van der Waals surface area contributed by atoms with E-state index in [1.54, 1.807) is 12.1 Å². The van der Waals surface area contributed by atoms with Gasteiger partial charge in [0.15, 0.2) is 0 Å². The number of hydrogen-bond acceptors (Lipinski definition) is 5. The molecule has 4 atom stereocenters. The minimum Gasteiger partial charge on any atom is -0.487 e. The first-order chi connectivity index (χ1) is 16.5. The Kier molecular flexibility index (Phi) is 6.52. The van der Waals surface area contributed by atoms with Gasteiger partial charge in [0, 0.05) is 29.6 Å². The van der Waals surface area contributed by atoms with E-state index in [0.29, 0.717) is 12.0 Å². The molecule has 0 radical (unpaired) electrons. The van der Waals surface area contributed by atoms with Crippen molar-refractivity contribution in [3.63, 3.8) is 0 Å². The summed E-state index contributed by atoms with van der Waals surface area (Å²) in [7, 11) is 0. The molecule has 0 aromatic heterocycles. The summed E-state index contributed by atoms with van der Waals surface area (Å²) in [6.07, 6.45) is 2.36. The molecular formula is C26H29FN2O5. The fraction of sp³-hybridized carbons (Fsp3) is 0.462. The summed E-state index contributed by atoms with van der Waals surface area (Å²) in [6.45, 7) is 0.0105. The van der Waals surface area contributed by atoms with Gasteiger partial charge in [-0.05, 0) is 55.2 Å². The van der Waals surface area contributed by atoms with Crippen LogP contribution in [0.25, 0.3) is 0 Å². The first-order valence-electron chi connectivity index (χ1n) is 11.9. The Morgan fingerprint density at radius 3 is 2.74 bits per heavy atom. The van der Waals surface area contributed by atoms with Crippen LogP contribution < -0.4 is 15.4 Å². The van der Waals surface area contributed by atoms with Crippen molar-refractivity contribution in [2.75, 3.05) is 11.9 Å². The lowest BCUT2D eigenvalue weighted by Gasteiger charge is -2.37. The molecule has 0 spiro atoms. The van der Waals surface area contributed by atoms with Crippen LogP contribution in [-0.2, 0) is 20.9 Å². The van der Waals surface area contributed by atoms with E-state index in [0.717, 1.165) is 36.3 Å². The molecule has 7 nitrogen and oxygen atoms in total. The highest BCUT2D eigenvalue weighted by molar-refractivity contribution is 5.93. The number of hydrogen-bond donors (Lipinski definition) is 3. The smallest absolute Gasteiger partial charge is 0.227 e. The number of fused-ring (bicyclic) bond motifs is 3. The minimum absolute atomic E-state index is 0.0507. The summed E-state index contributed by atoms with van der Waals surface area (Å²) >= 11 is 0. The molecule has 2 heterocycles. The molecule has 180 valence electrons. The molecule has 0 bridgehead atoms. The highest BCUT2D eigenvalue weighted by atomic mass is 19.1. The molecule has 2 aliphatic heterocycles. The van der Waals surface area contributed by atoms with Crippen LogP contribution in [0.2, 0.25) is 0 Å². The predicted molar refractivity (Wildman–Crippen MR) is 123 cm³/mol. The Morgan fingerprint density at radius 1 is 1.15 bits per heavy atom. The van der Waals surface area contributed by atoms with Gasteiger partial charge in [0.25, 0.3) is 0 Å². The van der Waals surface area contributed by atoms with Crippen molar-refractivity contribution in [2.24, 2.45) is 5.92 Å². The normalized spacial score (nSPS) is 25.5. The Morgan fingerprint density at radius 2 is 2.00 bits per heavy atom. The molecule has 1 saturated carbocycles. The lowest BCUT2D eigenvalue weighted by Crippen LogP contribution is -2.47. The Hall–Kier alpha value is -2.97. The molecule has 8 heteroatoms. The van der Waals surface area contributed by atoms with E-state index in [9.17, 15) is 19.1 Å². The quantitative estimate of drug-likeness (QED) is 0.580. The van der Waals surface area contributed by atoms with Gasteiger partial charge in [-0.25, -0.2) is 4.39 Å². The molecule has 3 N–H and O–H groups in total. The number of carbonyl (C=O) groups excluding carboxylic acids is 2. The van der Waals surface area contributed by atoms with Crippen molar-refractivity contribution < 1.29 is 28.6 Å². The maximum absolute atomic E-state index is 13.4. The summed E-state index contributed by atoms with van der Waals surface area (Å²) in [4.78, 5) is 24.9. The predicted octanol–water partition coefficient (Wildman–Crippen LogP) is 3.27. The van der Waals surface area contributed by atoms with Crippen LogP contribution in [0.15, 0.2) is 42.5 Å². The van der Waals surface area contributed by atoms with E-state index >= 15 is 0 Å². The van der Waals surface area contributed by atoms with Crippen LogP contribution in [0.5, 0.6) is 5.75 Å². The average Bonchev–Trinajstić information content (AvgIpc) is 3.14. The number of aliphatic hydroxyl groups excluding tert-OH is 1. The first-order valence-corrected chi connectivity index (χ1v) is 11.9. The van der Waals surface area contributed by atoms with Crippen molar-refractivity contribution in [3.05, 3.63) is 59.4 Å². The van der Waals surface area contributed by atoms with Crippen LogP contribution >= 0.6 is 0 Å². The van der Waals surface area contributed by atoms with Crippen LogP contribution in [0.3, 0.4) is 0 Å². The maximum Gasteiger partial charge on any atom is 0.227 e. The number of halogens is 1. The van der Waals surface area contributed by atoms with Gasteiger partial charge in [-0.15, -0.1) is 0 Å². The molecule has 5 rings (SSSR count). The van der Waals surface area contributed by atoms with E-state index < -0.39 is 12.2 Å². The highest BCUT2D eigenvalue weighted by Crippen LogP contribution is 2.47. The summed E-state index contributed by atoms with van der Waals surface area (Å²) in [5.74, 6) is 0.258. The molecule has 2 fully saturated rings. The van der Waals surface area contributed by atoms with Crippen molar-refractivity contribution in [2.45, 2.75) is 62.9 Å². The van der Waals surface area contributed by atoms with Crippen molar-refractivity contribution >= 4 is 17.5 Å². The number of nitrogens with one attached hydrogen (secondary N) is 2. The standard InChI is InChI=1S/C26H29FN2O5/c27-17-6-1-3-15(9-17)13-28-24(31)12-19-11-21-20-10-18(29-26(32)16-4-2-5-16)7-8-22(20)34-25(21)23(14-30)33-19/h1,3,6-10,16,19,21,23,25,30H,2,4-5,11-14H2,(H,28,31)(H,29,32)/t19-,21-,23+,25+/m0/s1. The second-order valence-corrected chi connectivity index (χ2v) is 9.38. The van der Waals surface area contributed by atoms with Gasteiger partial charge >= 0.3 is 0 Å². The molecule has 34 heavy (non-hydrogen) atoms. The van der Waals surface area contributed by atoms with Gasteiger partial charge in [0.2, 0.25) is 11.8 Å². The second kappa shape index (κ2) is 9.72. The monoisotopic (exact) mass is 468 g/mol. The zero-order chi connectivity index (χ0) is 23.7. The van der Waals surface area contributed by atoms with Crippen LogP contribution in [0, 0.1) is 11.7 Å².